The molecule has 1 heterocycles. The van der Waals surface area contributed by atoms with Crippen molar-refractivity contribution in [2.75, 3.05) is 26.2 Å². The van der Waals surface area contributed by atoms with Gasteiger partial charge >= 0.3 is 0 Å². The van der Waals surface area contributed by atoms with Gasteiger partial charge in [0.05, 0.1) is 0 Å². The van der Waals surface area contributed by atoms with Crippen molar-refractivity contribution in [3.63, 3.8) is 0 Å². The van der Waals surface area contributed by atoms with Crippen LogP contribution in [0.15, 0.2) is 0 Å². The Hall–Kier alpha value is -0.0800. The molecular weight excluding hydrogens is 256 g/mol. The molecule has 1 aliphatic heterocycles. The topological polar surface area (TPSA) is 15.3 Å². The van der Waals surface area contributed by atoms with Crippen LogP contribution in [0.1, 0.15) is 66.7 Å². The summed E-state index contributed by atoms with van der Waals surface area (Å²) < 4.78 is 0. The molecule has 2 fully saturated rings. The Labute approximate surface area is 133 Å². The zero-order chi connectivity index (χ0) is 15.5. The first-order chi connectivity index (χ1) is 9.90. The van der Waals surface area contributed by atoms with Crippen molar-refractivity contribution in [1.29, 1.82) is 0 Å². The van der Waals surface area contributed by atoms with Gasteiger partial charge in [-0.2, -0.15) is 0 Å². The highest BCUT2D eigenvalue weighted by Crippen LogP contribution is 2.41. The maximum atomic E-state index is 3.85. The van der Waals surface area contributed by atoms with Crippen molar-refractivity contribution in [1.82, 2.24) is 10.2 Å². The normalized spacial score (nSPS) is 35.3. The Balaban J connectivity index is 1.95. The van der Waals surface area contributed by atoms with E-state index in [4.69, 9.17) is 0 Å². The van der Waals surface area contributed by atoms with Gasteiger partial charge in [0, 0.05) is 19.1 Å². The van der Waals surface area contributed by atoms with E-state index in [2.05, 4.69) is 44.8 Å². The Morgan fingerprint density at radius 2 is 1.90 bits per heavy atom. The molecule has 4 atom stereocenters. The lowest BCUT2D eigenvalue weighted by molar-refractivity contribution is 0.0923. The molecule has 124 valence electrons. The maximum Gasteiger partial charge on any atom is 0.0108 e. The third-order valence-electron chi connectivity index (χ3n) is 5.86. The molecular formula is C19H38N2. The van der Waals surface area contributed by atoms with Crippen LogP contribution in [0.2, 0.25) is 0 Å². The summed E-state index contributed by atoms with van der Waals surface area (Å²) in [5.74, 6) is 2.68. The summed E-state index contributed by atoms with van der Waals surface area (Å²) in [6.45, 7) is 17.2. The molecule has 0 bridgehead atoms. The van der Waals surface area contributed by atoms with Gasteiger partial charge < -0.3 is 10.2 Å². The van der Waals surface area contributed by atoms with Crippen LogP contribution in [-0.2, 0) is 0 Å². The van der Waals surface area contributed by atoms with Crippen molar-refractivity contribution < 1.29 is 0 Å². The van der Waals surface area contributed by atoms with E-state index in [1.165, 1.54) is 58.3 Å². The molecule has 0 amide bonds. The molecule has 2 aliphatic rings. The van der Waals surface area contributed by atoms with Gasteiger partial charge in [-0.05, 0) is 68.4 Å². The molecule has 4 unspecified atom stereocenters. The molecule has 2 nitrogen and oxygen atoms in total. The van der Waals surface area contributed by atoms with Gasteiger partial charge in [-0.25, -0.2) is 0 Å². The van der Waals surface area contributed by atoms with Crippen LogP contribution < -0.4 is 5.32 Å². The lowest BCUT2D eigenvalue weighted by atomic mass is 9.67. The molecule has 1 aliphatic carbocycles. The molecule has 1 saturated heterocycles. The van der Waals surface area contributed by atoms with Crippen LogP contribution in [-0.4, -0.2) is 37.1 Å². The van der Waals surface area contributed by atoms with Gasteiger partial charge in [-0.3, -0.25) is 0 Å². The van der Waals surface area contributed by atoms with E-state index < -0.39 is 0 Å². The Morgan fingerprint density at radius 3 is 2.48 bits per heavy atom. The highest BCUT2D eigenvalue weighted by Gasteiger charge is 2.36. The van der Waals surface area contributed by atoms with Crippen LogP contribution >= 0.6 is 0 Å². The second-order valence-electron chi connectivity index (χ2n) is 8.85. The zero-order valence-corrected chi connectivity index (χ0v) is 15.1. The van der Waals surface area contributed by atoms with E-state index in [-0.39, 0.29) is 0 Å². The molecule has 0 spiro atoms. The van der Waals surface area contributed by atoms with Crippen LogP contribution in [0.25, 0.3) is 0 Å². The first-order valence-corrected chi connectivity index (χ1v) is 9.36. The van der Waals surface area contributed by atoms with E-state index in [9.17, 15) is 0 Å². The smallest absolute Gasteiger partial charge is 0.0108 e. The average molecular weight is 295 g/mol. The molecule has 0 aromatic carbocycles. The van der Waals surface area contributed by atoms with Gasteiger partial charge in [-0.15, -0.1) is 0 Å². The third-order valence-corrected chi connectivity index (χ3v) is 5.86. The summed E-state index contributed by atoms with van der Waals surface area (Å²) in [5, 5.41) is 3.85. The van der Waals surface area contributed by atoms with Gasteiger partial charge in [0.2, 0.25) is 0 Å². The van der Waals surface area contributed by atoms with Crippen LogP contribution in [0.4, 0.5) is 0 Å². The Morgan fingerprint density at radius 1 is 1.14 bits per heavy atom. The Bertz CT molecular complexity index is 307. The largest absolute Gasteiger partial charge is 0.314 e. The van der Waals surface area contributed by atoms with E-state index in [0.717, 1.165) is 23.8 Å². The minimum absolute atomic E-state index is 0.478. The molecule has 2 rings (SSSR count). The summed E-state index contributed by atoms with van der Waals surface area (Å²) in [6.07, 6.45) is 6.89. The van der Waals surface area contributed by atoms with Crippen LogP contribution in [0, 0.1) is 23.2 Å². The number of nitrogens with one attached hydrogen (secondary N) is 1. The number of hydrogen-bond donors (Lipinski definition) is 1. The molecule has 0 aromatic rings. The van der Waals surface area contributed by atoms with E-state index in [0.29, 0.717) is 5.41 Å². The Kier molecular flexibility index (Phi) is 6.14. The summed E-state index contributed by atoms with van der Waals surface area (Å²) in [6, 6.07) is 0.763. The lowest BCUT2D eigenvalue weighted by Crippen LogP contribution is -2.47. The fourth-order valence-electron chi connectivity index (χ4n) is 4.37. The fraction of sp³-hybridized carbons (Fsp3) is 1.00. The van der Waals surface area contributed by atoms with E-state index in [1.807, 2.05) is 0 Å². The number of likely N-dealkylation sites (tertiary alicyclic amines) is 1. The van der Waals surface area contributed by atoms with Crippen molar-refractivity contribution in [3.05, 3.63) is 0 Å². The first kappa shape index (κ1) is 17.3. The van der Waals surface area contributed by atoms with Crippen molar-refractivity contribution in [2.24, 2.45) is 23.2 Å². The highest BCUT2D eigenvalue weighted by atomic mass is 15.1. The summed E-state index contributed by atoms with van der Waals surface area (Å²) in [5.41, 5.74) is 0.478. The maximum absolute atomic E-state index is 3.85. The van der Waals surface area contributed by atoms with Gasteiger partial charge in [0.25, 0.3) is 0 Å². The van der Waals surface area contributed by atoms with Gasteiger partial charge in [0.1, 0.15) is 0 Å². The lowest BCUT2D eigenvalue weighted by Gasteiger charge is -2.43. The quantitative estimate of drug-likeness (QED) is 0.819. The standard InChI is InChI=1S/C19H38N2/c1-6-10-20-18-8-7-17(19(3,4)5)12-16(18)14-21-11-9-15(2)13-21/h15-18,20H,6-14H2,1-5H3. The fourth-order valence-corrected chi connectivity index (χ4v) is 4.37. The predicted octanol–water partition coefficient (Wildman–Crippen LogP) is 4.16. The predicted molar refractivity (Wildman–Crippen MR) is 92.6 cm³/mol. The number of hydrogen-bond acceptors (Lipinski definition) is 2. The molecule has 0 radical (unpaired) electrons. The number of rotatable bonds is 5. The second kappa shape index (κ2) is 7.46. The van der Waals surface area contributed by atoms with Crippen LogP contribution in [0.5, 0.6) is 0 Å². The summed E-state index contributed by atoms with van der Waals surface area (Å²) in [7, 11) is 0. The van der Waals surface area contributed by atoms with Gasteiger partial charge in [-0.1, -0.05) is 34.6 Å². The monoisotopic (exact) mass is 294 g/mol. The highest BCUT2D eigenvalue weighted by molar-refractivity contribution is 4.91. The van der Waals surface area contributed by atoms with E-state index in [1.54, 1.807) is 0 Å². The van der Waals surface area contributed by atoms with Crippen molar-refractivity contribution in [2.45, 2.75) is 72.8 Å². The second-order valence-corrected chi connectivity index (χ2v) is 8.85. The molecule has 21 heavy (non-hydrogen) atoms. The third kappa shape index (κ3) is 4.96. The summed E-state index contributed by atoms with van der Waals surface area (Å²) in [4.78, 5) is 2.74. The average Bonchev–Trinajstić information content (AvgIpc) is 2.81. The van der Waals surface area contributed by atoms with Crippen molar-refractivity contribution >= 4 is 0 Å². The zero-order valence-electron chi connectivity index (χ0n) is 15.1. The minimum Gasteiger partial charge on any atom is -0.314 e. The first-order valence-electron chi connectivity index (χ1n) is 9.36. The minimum atomic E-state index is 0.478. The molecule has 1 N–H and O–H groups in total. The summed E-state index contributed by atoms with van der Waals surface area (Å²) >= 11 is 0. The van der Waals surface area contributed by atoms with Crippen molar-refractivity contribution in [3.8, 4) is 0 Å². The van der Waals surface area contributed by atoms with Gasteiger partial charge in [0.15, 0.2) is 0 Å². The van der Waals surface area contributed by atoms with Crippen LogP contribution in [0.3, 0.4) is 0 Å². The van der Waals surface area contributed by atoms with E-state index >= 15 is 0 Å². The molecule has 2 heteroatoms. The SMILES string of the molecule is CCCNC1CCC(C(C)(C)C)CC1CN1CCC(C)C1. The molecule has 1 saturated carbocycles. The molecule has 0 aromatic heterocycles. The number of nitrogens with zero attached hydrogens (tertiary/aromatic N) is 1.